The van der Waals surface area contributed by atoms with Crippen molar-refractivity contribution in [2.75, 3.05) is 0 Å². The van der Waals surface area contributed by atoms with Gasteiger partial charge in [-0.1, -0.05) is 6.92 Å². The van der Waals surface area contributed by atoms with Crippen molar-refractivity contribution in [3.63, 3.8) is 0 Å². The first kappa shape index (κ1) is 12.2. The Morgan fingerprint density at radius 1 is 1.50 bits per heavy atom. The number of amides is 1. The molecule has 1 unspecified atom stereocenters. The van der Waals surface area contributed by atoms with E-state index in [0.29, 0.717) is 12.0 Å². The highest BCUT2D eigenvalue weighted by molar-refractivity contribution is 5.98. The van der Waals surface area contributed by atoms with Gasteiger partial charge in [-0.2, -0.15) is 5.26 Å². The summed E-state index contributed by atoms with van der Waals surface area (Å²) in [5.74, 6) is -0.125. The summed E-state index contributed by atoms with van der Waals surface area (Å²) in [4.78, 5) is 15.1. The molecule has 1 atom stereocenters. The fourth-order valence-electron chi connectivity index (χ4n) is 1.87. The molecule has 0 saturated carbocycles. The van der Waals surface area contributed by atoms with Crippen LogP contribution in [0.25, 0.3) is 10.9 Å². The van der Waals surface area contributed by atoms with Gasteiger partial charge >= 0.3 is 0 Å². The number of benzene rings is 1. The maximum Gasteiger partial charge on any atom is 0.251 e. The van der Waals surface area contributed by atoms with Crippen molar-refractivity contribution in [1.82, 2.24) is 10.3 Å². The second kappa shape index (κ2) is 5.37. The maximum atomic E-state index is 12.0. The van der Waals surface area contributed by atoms with Crippen molar-refractivity contribution in [2.45, 2.75) is 25.8 Å². The lowest BCUT2D eigenvalue weighted by Gasteiger charge is -2.13. The molecule has 0 aliphatic rings. The lowest BCUT2D eigenvalue weighted by atomic mass is 10.1. The van der Waals surface area contributed by atoms with Crippen molar-refractivity contribution in [3.8, 4) is 6.07 Å². The van der Waals surface area contributed by atoms with E-state index in [4.69, 9.17) is 5.26 Å². The van der Waals surface area contributed by atoms with E-state index < -0.39 is 0 Å². The van der Waals surface area contributed by atoms with Crippen LogP contribution in [0.1, 0.15) is 30.1 Å². The van der Waals surface area contributed by atoms with Gasteiger partial charge < -0.3 is 10.3 Å². The topological polar surface area (TPSA) is 68.7 Å². The van der Waals surface area contributed by atoms with Crippen LogP contribution in [0.2, 0.25) is 0 Å². The van der Waals surface area contributed by atoms with Gasteiger partial charge in [0.1, 0.15) is 0 Å². The monoisotopic (exact) mass is 241 g/mol. The summed E-state index contributed by atoms with van der Waals surface area (Å²) in [5.41, 5.74) is 1.63. The number of aromatic amines is 1. The molecule has 1 aromatic heterocycles. The van der Waals surface area contributed by atoms with Crippen LogP contribution in [0.3, 0.4) is 0 Å². The zero-order chi connectivity index (χ0) is 13.0. The van der Waals surface area contributed by atoms with Crippen LogP contribution in [-0.2, 0) is 0 Å². The number of aromatic nitrogens is 1. The first-order chi connectivity index (χ1) is 8.74. The summed E-state index contributed by atoms with van der Waals surface area (Å²) in [6.07, 6.45) is 2.94. The van der Waals surface area contributed by atoms with E-state index in [2.05, 4.69) is 16.4 Å². The second-order valence-corrected chi connectivity index (χ2v) is 4.22. The number of nitriles is 1. The Kier molecular flexibility index (Phi) is 3.63. The number of hydrogen-bond acceptors (Lipinski definition) is 2. The summed E-state index contributed by atoms with van der Waals surface area (Å²) in [6, 6.07) is 9.45. The number of hydrogen-bond donors (Lipinski definition) is 2. The number of nitrogens with zero attached hydrogens (tertiary/aromatic N) is 1. The van der Waals surface area contributed by atoms with Crippen LogP contribution in [0, 0.1) is 11.3 Å². The molecule has 0 aliphatic carbocycles. The minimum atomic E-state index is -0.125. The van der Waals surface area contributed by atoms with E-state index in [1.807, 2.05) is 31.3 Å². The fourth-order valence-corrected chi connectivity index (χ4v) is 1.87. The molecule has 4 nitrogen and oxygen atoms in total. The highest BCUT2D eigenvalue weighted by atomic mass is 16.1. The van der Waals surface area contributed by atoms with Gasteiger partial charge in [0, 0.05) is 28.7 Å². The Hall–Kier alpha value is -2.28. The smallest absolute Gasteiger partial charge is 0.251 e. The normalized spacial score (nSPS) is 12.0. The van der Waals surface area contributed by atoms with E-state index in [9.17, 15) is 4.79 Å². The Labute approximate surface area is 106 Å². The second-order valence-electron chi connectivity index (χ2n) is 4.22. The Bertz CT molecular complexity index is 594. The highest BCUT2D eigenvalue weighted by Crippen LogP contribution is 2.14. The Balaban J connectivity index is 2.15. The highest BCUT2D eigenvalue weighted by Gasteiger charge is 2.12. The molecular weight excluding hydrogens is 226 g/mol. The average Bonchev–Trinajstić information content (AvgIpc) is 2.85. The lowest BCUT2D eigenvalue weighted by molar-refractivity contribution is 0.0937. The standard InChI is InChI=1S/C14H15N3O/c1-2-12(5-7-15)17-14(18)11-3-4-13-10(9-11)6-8-16-13/h3-4,6,8-9,12,16H,2,5H2,1H3,(H,17,18). The quantitative estimate of drug-likeness (QED) is 0.863. The summed E-state index contributed by atoms with van der Waals surface area (Å²) in [7, 11) is 0. The van der Waals surface area contributed by atoms with Gasteiger partial charge in [0.15, 0.2) is 0 Å². The van der Waals surface area contributed by atoms with Crippen LogP contribution < -0.4 is 5.32 Å². The molecule has 4 heteroatoms. The largest absolute Gasteiger partial charge is 0.361 e. The number of H-pyrrole nitrogens is 1. The maximum absolute atomic E-state index is 12.0. The molecule has 18 heavy (non-hydrogen) atoms. The molecule has 92 valence electrons. The third-order valence-electron chi connectivity index (χ3n) is 2.98. The van der Waals surface area contributed by atoms with Gasteiger partial charge in [-0.3, -0.25) is 4.79 Å². The van der Waals surface area contributed by atoms with E-state index in [1.165, 1.54) is 0 Å². The third kappa shape index (κ3) is 2.51. The summed E-state index contributed by atoms with van der Waals surface area (Å²) < 4.78 is 0. The molecule has 0 aliphatic heterocycles. The minimum Gasteiger partial charge on any atom is -0.361 e. The fraction of sp³-hybridized carbons (Fsp3) is 0.286. The van der Waals surface area contributed by atoms with Crippen molar-refractivity contribution < 1.29 is 4.79 Å². The van der Waals surface area contributed by atoms with Crippen LogP contribution in [-0.4, -0.2) is 16.9 Å². The summed E-state index contributed by atoms with van der Waals surface area (Å²) >= 11 is 0. The van der Waals surface area contributed by atoms with E-state index in [-0.39, 0.29) is 11.9 Å². The summed E-state index contributed by atoms with van der Waals surface area (Å²) in [5, 5.41) is 12.5. The molecular formula is C14H15N3O. The van der Waals surface area contributed by atoms with Gasteiger partial charge in [0.25, 0.3) is 5.91 Å². The SMILES string of the molecule is CCC(CC#N)NC(=O)c1ccc2[nH]ccc2c1. The molecule has 2 rings (SSSR count). The molecule has 2 N–H and O–H groups in total. The lowest BCUT2D eigenvalue weighted by Crippen LogP contribution is -2.34. The van der Waals surface area contributed by atoms with Gasteiger partial charge in [0.05, 0.1) is 12.5 Å². The predicted octanol–water partition coefficient (Wildman–Crippen LogP) is 2.59. The zero-order valence-electron chi connectivity index (χ0n) is 10.2. The number of carbonyl (C=O) groups is 1. The van der Waals surface area contributed by atoms with Gasteiger partial charge in [0.2, 0.25) is 0 Å². The molecule has 1 heterocycles. The molecule has 0 bridgehead atoms. The van der Waals surface area contributed by atoms with E-state index in [0.717, 1.165) is 17.3 Å². The Morgan fingerprint density at radius 3 is 3.06 bits per heavy atom. The predicted molar refractivity (Wildman–Crippen MR) is 70.1 cm³/mol. The zero-order valence-corrected chi connectivity index (χ0v) is 10.2. The van der Waals surface area contributed by atoms with Crippen LogP contribution in [0.15, 0.2) is 30.5 Å². The van der Waals surface area contributed by atoms with Crippen LogP contribution in [0.4, 0.5) is 0 Å². The molecule has 2 aromatic rings. The molecule has 0 fully saturated rings. The number of rotatable bonds is 4. The molecule has 1 amide bonds. The van der Waals surface area contributed by atoms with Gasteiger partial charge in [-0.05, 0) is 30.7 Å². The molecule has 0 spiro atoms. The first-order valence-electron chi connectivity index (χ1n) is 5.99. The number of carbonyl (C=O) groups excluding carboxylic acids is 1. The summed E-state index contributed by atoms with van der Waals surface area (Å²) in [6.45, 7) is 1.96. The van der Waals surface area contributed by atoms with Gasteiger partial charge in [-0.15, -0.1) is 0 Å². The molecule has 0 saturated heterocycles. The first-order valence-corrected chi connectivity index (χ1v) is 5.99. The van der Waals surface area contributed by atoms with Crippen molar-refractivity contribution in [3.05, 3.63) is 36.0 Å². The number of fused-ring (bicyclic) bond motifs is 1. The van der Waals surface area contributed by atoms with Crippen molar-refractivity contribution >= 4 is 16.8 Å². The van der Waals surface area contributed by atoms with Crippen molar-refractivity contribution in [1.29, 1.82) is 5.26 Å². The van der Waals surface area contributed by atoms with Crippen molar-refractivity contribution in [2.24, 2.45) is 0 Å². The minimum absolute atomic E-state index is 0.0792. The van der Waals surface area contributed by atoms with Crippen LogP contribution in [0.5, 0.6) is 0 Å². The van der Waals surface area contributed by atoms with E-state index in [1.54, 1.807) is 6.07 Å². The average molecular weight is 241 g/mol. The molecule has 1 aromatic carbocycles. The number of nitrogens with one attached hydrogen (secondary N) is 2. The van der Waals surface area contributed by atoms with Crippen LogP contribution >= 0.6 is 0 Å². The molecule has 0 radical (unpaired) electrons. The Morgan fingerprint density at radius 2 is 2.33 bits per heavy atom. The third-order valence-corrected chi connectivity index (χ3v) is 2.98. The van der Waals surface area contributed by atoms with E-state index >= 15 is 0 Å². The van der Waals surface area contributed by atoms with Gasteiger partial charge in [-0.25, -0.2) is 0 Å².